The fraction of sp³-hybridized carbons (Fsp3) is 0.409. The van der Waals surface area contributed by atoms with Crippen LogP contribution in [0.3, 0.4) is 0 Å². The lowest BCUT2D eigenvalue weighted by atomic mass is 10.2. The molecule has 31 heavy (non-hydrogen) atoms. The van der Waals surface area contributed by atoms with Crippen molar-refractivity contribution in [3.8, 4) is 0 Å². The largest absolute Gasteiger partial charge is 0.378 e. The molecule has 0 spiro atoms. The zero-order valence-corrected chi connectivity index (χ0v) is 19.2. The van der Waals surface area contributed by atoms with E-state index in [0.29, 0.717) is 37.6 Å². The number of nitrogens with zero attached hydrogens (tertiary/aromatic N) is 2. The van der Waals surface area contributed by atoms with Crippen LogP contribution in [0, 0.1) is 0 Å². The topological polar surface area (TPSA) is 79.0 Å². The molecule has 2 heterocycles. The van der Waals surface area contributed by atoms with Crippen LogP contribution in [0.2, 0.25) is 0 Å². The SMILES string of the molecule is CSc1ccc(S(=O)(=O)Nc2ccc(N3CCCC3)cc2)cc1C(=O)N1CCOCC1. The fourth-order valence-electron chi connectivity index (χ4n) is 3.89. The van der Waals surface area contributed by atoms with Crippen molar-refractivity contribution in [3.05, 3.63) is 48.0 Å². The molecule has 4 rings (SSSR count). The van der Waals surface area contributed by atoms with Gasteiger partial charge in [0.05, 0.1) is 23.7 Å². The Morgan fingerprint density at radius 3 is 2.32 bits per heavy atom. The van der Waals surface area contributed by atoms with E-state index in [2.05, 4.69) is 9.62 Å². The van der Waals surface area contributed by atoms with Crippen LogP contribution in [0.5, 0.6) is 0 Å². The summed E-state index contributed by atoms with van der Waals surface area (Å²) in [6.07, 6.45) is 4.25. The second-order valence-corrected chi connectivity index (χ2v) is 10.1. The molecular formula is C22H27N3O4S2. The van der Waals surface area contributed by atoms with Gasteiger partial charge in [-0.15, -0.1) is 11.8 Å². The van der Waals surface area contributed by atoms with E-state index in [1.54, 1.807) is 29.2 Å². The molecular weight excluding hydrogens is 434 g/mol. The lowest BCUT2D eigenvalue weighted by Crippen LogP contribution is -2.40. The first-order chi connectivity index (χ1) is 15.0. The van der Waals surface area contributed by atoms with Crippen LogP contribution in [-0.2, 0) is 14.8 Å². The van der Waals surface area contributed by atoms with Crippen LogP contribution in [0.15, 0.2) is 52.3 Å². The maximum absolute atomic E-state index is 13.0. The molecule has 1 N–H and O–H groups in total. The molecule has 2 aliphatic heterocycles. The molecule has 2 aliphatic rings. The van der Waals surface area contributed by atoms with E-state index >= 15 is 0 Å². The van der Waals surface area contributed by atoms with Gasteiger partial charge in [0.15, 0.2) is 0 Å². The summed E-state index contributed by atoms with van der Waals surface area (Å²) in [6, 6.07) is 12.2. The molecule has 2 aromatic rings. The molecule has 0 aliphatic carbocycles. The second-order valence-electron chi connectivity index (χ2n) is 7.61. The average Bonchev–Trinajstić information content (AvgIpc) is 3.34. The summed E-state index contributed by atoms with van der Waals surface area (Å²) in [4.78, 5) is 17.8. The highest BCUT2D eigenvalue weighted by Crippen LogP contribution is 2.27. The fourth-order valence-corrected chi connectivity index (χ4v) is 5.54. The normalized spacial score (nSPS) is 17.1. The molecule has 2 aromatic carbocycles. The van der Waals surface area contributed by atoms with E-state index in [1.165, 1.54) is 30.7 Å². The van der Waals surface area contributed by atoms with Crippen LogP contribution >= 0.6 is 11.8 Å². The Morgan fingerprint density at radius 1 is 1.00 bits per heavy atom. The van der Waals surface area contributed by atoms with E-state index in [1.807, 2.05) is 18.4 Å². The summed E-state index contributed by atoms with van der Waals surface area (Å²) >= 11 is 1.43. The van der Waals surface area contributed by atoms with Crippen LogP contribution in [0.4, 0.5) is 11.4 Å². The summed E-state index contributed by atoms with van der Waals surface area (Å²) in [7, 11) is -3.83. The van der Waals surface area contributed by atoms with Gasteiger partial charge in [-0.2, -0.15) is 0 Å². The standard InChI is InChI=1S/C22H27N3O4S2/c1-30-21-9-8-19(16-20(21)22(26)25-12-14-29-15-13-25)31(27,28)23-17-4-6-18(7-5-17)24-10-2-3-11-24/h4-9,16,23H,2-3,10-15H2,1H3. The van der Waals surface area contributed by atoms with Gasteiger partial charge < -0.3 is 14.5 Å². The highest BCUT2D eigenvalue weighted by molar-refractivity contribution is 7.98. The number of thioether (sulfide) groups is 1. The van der Waals surface area contributed by atoms with Gasteiger partial charge in [0, 0.05) is 42.4 Å². The predicted octanol–water partition coefficient (Wildman–Crippen LogP) is 3.28. The maximum atomic E-state index is 13.0. The number of carbonyl (C=O) groups excluding carboxylic acids is 1. The van der Waals surface area contributed by atoms with Crippen molar-refractivity contribution in [3.63, 3.8) is 0 Å². The zero-order chi connectivity index (χ0) is 21.8. The van der Waals surface area contributed by atoms with Gasteiger partial charge in [0.2, 0.25) is 0 Å². The van der Waals surface area contributed by atoms with Gasteiger partial charge in [-0.1, -0.05) is 0 Å². The number of rotatable bonds is 6. The van der Waals surface area contributed by atoms with Crippen LogP contribution in [0.1, 0.15) is 23.2 Å². The van der Waals surface area contributed by atoms with E-state index in [9.17, 15) is 13.2 Å². The summed E-state index contributed by atoms with van der Waals surface area (Å²) < 4.78 is 34.0. The van der Waals surface area contributed by atoms with Crippen LogP contribution in [0.25, 0.3) is 0 Å². The third kappa shape index (κ3) is 4.99. The minimum absolute atomic E-state index is 0.0746. The quantitative estimate of drug-likeness (QED) is 0.665. The number of ether oxygens (including phenoxy) is 1. The van der Waals surface area contributed by atoms with Gasteiger partial charge in [0.25, 0.3) is 15.9 Å². The number of hydrogen-bond donors (Lipinski definition) is 1. The molecule has 0 bridgehead atoms. The summed E-state index contributed by atoms with van der Waals surface area (Å²) in [5, 5.41) is 0. The average molecular weight is 462 g/mol. The maximum Gasteiger partial charge on any atom is 0.261 e. The van der Waals surface area contributed by atoms with Crippen molar-refractivity contribution in [1.82, 2.24) is 4.90 Å². The molecule has 0 atom stereocenters. The van der Waals surface area contributed by atoms with Crippen molar-refractivity contribution in [2.75, 3.05) is 55.3 Å². The van der Waals surface area contributed by atoms with E-state index in [-0.39, 0.29) is 10.8 Å². The highest BCUT2D eigenvalue weighted by atomic mass is 32.2. The monoisotopic (exact) mass is 461 g/mol. The minimum atomic E-state index is -3.83. The van der Waals surface area contributed by atoms with Crippen LogP contribution < -0.4 is 9.62 Å². The molecule has 0 radical (unpaired) electrons. The highest BCUT2D eigenvalue weighted by Gasteiger charge is 2.24. The first kappa shape index (κ1) is 22.0. The lowest BCUT2D eigenvalue weighted by molar-refractivity contribution is 0.0300. The second kappa shape index (κ2) is 9.50. The summed E-state index contributed by atoms with van der Waals surface area (Å²) in [5.41, 5.74) is 2.00. The Kier molecular flexibility index (Phi) is 6.74. The molecule has 0 saturated carbocycles. The molecule has 9 heteroatoms. The van der Waals surface area contributed by atoms with Crippen molar-refractivity contribution < 1.29 is 17.9 Å². The summed E-state index contributed by atoms with van der Waals surface area (Å²) in [6.45, 7) is 4.07. The third-order valence-electron chi connectivity index (χ3n) is 5.60. The molecule has 7 nitrogen and oxygen atoms in total. The molecule has 0 unspecified atom stereocenters. The Hall–Kier alpha value is -2.23. The van der Waals surface area contributed by atoms with Gasteiger partial charge in [-0.3, -0.25) is 9.52 Å². The Bertz CT molecular complexity index is 1030. The van der Waals surface area contributed by atoms with E-state index in [0.717, 1.165) is 23.7 Å². The number of nitrogens with one attached hydrogen (secondary N) is 1. The molecule has 2 saturated heterocycles. The smallest absolute Gasteiger partial charge is 0.261 e. The van der Waals surface area contributed by atoms with Crippen molar-refractivity contribution in [2.45, 2.75) is 22.6 Å². The number of hydrogen-bond acceptors (Lipinski definition) is 6. The predicted molar refractivity (Wildman–Crippen MR) is 124 cm³/mol. The number of anilines is 2. The van der Waals surface area contributed by atoms with Crippen molar-refractivity contribution >= 4 is 39.1 Å². The Labute approximate surface area is 187 Å². The first-order valence-electron chi connectivity index (χ1n) is 10.4. The zero-order valence-electron chi connectivity index (χ0n) is 17.5. The molecule has 0 aromatic heterocycles. The third-order valence-corrected chi connectivity index (χ3v) is 7.78. The van der Waals surface area contributed by atoms with Crippen molar-refractivity contribution in [1.29, 1.82) is 0 Å². The number of morpholine rings is 1. The van der Waals surface area contributed by atoms with Gasteiger partial charge >= 0.3 is 0 Å². The van der Waals surface area contributed by atoms with Gasteiger partial charge in [0.1, 0.15) is 0 Å². The van der Waals surface area contributed by atoms with Gasteiger partial charge in [-0.25, -0.2) is 8.42 Å². The Morgan fingerprint density at radius 2 is 1.68 bits per heavy atom. The summed E-state index contributed by atoms with van der Waals surface area (Å²) in [5.74, 6) is -0.167. The number of carbonyl (C=O) groups is 1. The number of sulfonamides is 1. The minimum Gasteiger partial charge on any atom is -0.378 e. The number of amides is 1. The lowest BCUT2D eigenvalue weighted by Gasteiger charge is -2.27. The van der Waals surface area contributed by atoms with Gasteiger partial charge in [-0.05, 0) is 61.6 Å². The van der Waals surface area contributed by atoms with Crippen molar-refractivity contribution in [2.24, 2.45) is 0 Å². The molecule has 166 valence electrons. The van der Waals surface area contributed by atoms with E-state index in [4.69, 9.17) is 4.74 Å². The molecule has 1 amide bonds. The molecule has 2 fully saturated rings. The first-order valence-corrected chi connectivity index (χ1v) is 13.1. The van der Waals surface area contributed by atoms with E-state index < -0.39 is 10.0 Å². The van der Waals surface area contributed by atoms with Crippen LogP contribution in [-0.4, -0.2) is 64.9 Å². The number of benzene rings is 2. The Balaban J connectivity index is 1.55.